The van der Waals surface area contributed by atoms with E-state index in [1.807, 2.05) is 33.2 Å². The molecule has 0 fully saturated rings. The van der Waals surface area contributed by atoms with Crippen LogP contribution in [0.1, 0.15) is 21.6 Å². The van der Waals surface area contributed by atoms with Crippen molar-refractivity contribution in [1.29, 1.82) is 0 Å². The second-order valence-electron chi connectivity index (χ2n) is 6.07. The van der Waals surface area contributed by atoms with Crippen LogP contribution in [0.15, 0.2) is 49.3 Å². The van der Waals surface area contributed by atoms with Crippen LogP contribution in [0.25, 0.3) is 5.82 Å². The molecule has 0 unspecified atom stereocenters. The first-order valence-corrected chi connectivity index (χ1v) is 7.89. The first kappa shape index (κ1) is 16.8. The molecule has 128 valence electrons. The van der Waals surface area contributed by atoms with Gasteiger partial charge in [-0.25, -0.2) is 9.97 Å². The molecule has 0 aliphatic heterocycles. The van der Waals surface area contributed by atoms with E-state index in [9.17, 15) is 4.79 Å². The lowest BCUT2D eigenvalue weighted by atomic mass is 10.1. The lowest BCUT2D eigenvalue weighted by Crippen LogP contribution is -2.16. The van der Waals surface area contributed by atoms with Gasteiger partial charge in [-0.05, 0) is 38.2 Å². The minimum atomic E-state index is -0.294. The predicted molar refractivity (Wildman–Crippen MR) is 95.7 cm³/mol. The van der Waals surface area contributed by atoms with Gasteiger partial charge in [-0.1, -0.05) is 12.1 Å². The van der Waals surface area contributed by atoms with Gasteiger partial charge in [0.2, 0.25) is 0 Å². The highest BCUT2D eigenvalue weighted by Gasteiger charge is 2.11. The smallest absolute Gasteiger partial charge is 0.275 e. The van der Waals surface area contributed by atoms with Crippen LogP contribution in [0, 0.1) is 6.92 Å². The summed E-state index contributed by atoms with van der Waals surface area (Å²) in [5.41, 5.74) is 3.22. The van der Waals surface area contributed by atoms with Crippen molar-refractivity contribution in [3.05, 3.63) is 66.1 Å². The third-order valence-electron chi connectivity index (χ3n) is 3.66. The van der Waals surface area contributed by atoms with E-state index in [1.165, 1.54) is 11.8 Å². The highest BCUT2D eigenvalue weighted by molar-refractivity contribution is 6.03. The Morgan fingerprint density at radius 3 is 2.76 bits per heavy atom. The predicted octanol–water partition coefficient (Wildman–Crippen LogP) is 2.28. The lowest BCUT2D eigenvalue weighted by molar-refractivity contribution is 0.102. The number of carbonyl (C=O) groups is 1. The van der Waals surface area contributed by atoms with E-state index >= 15 is 0 Å². The summed E-state index contributed by atoms with van der Waals surface area (Å²) in [5.74, 6) is 0.251. The summed E-state index contributed by atoms with van der Waals surface area (Å²) in [6, 6.07) is 6.00. The maximum absolute atomic E-state index is 12.5. The molecule has 0 atom stereocenters. The molecule has 1 N–H and O–H groups in total. The topological polar surface area (TPSA) is 75.9 Å². The Kier molecular flexibility index (Phi) is 4.85. The first-order chi connectivity index (χ1) is 12.0. The highest BCUT2D eigenvalue weighted by Crippen LogP contribution is 2.18. The summed E-state index contributed by atoms with van der Waals surface area (Å²) in [5, 5.41) is 2.90. The minimum Gasteiger partial charge on any atom is -0.320 e. The zero-order valence-electron chi connectivity index (χ0n) is 14.5. The van der Waals surface area contributed by atoms with Crippen molar-refractivity contribution >= 4 is 11.6 Å². The van der Waals surface area contributed by atoms with Crippen LogP contribution in [0.5, 0.6) is 0 Å². The molecule has 0 bridgehead atoms. The van der Waals surface area contributed by atoms with E-state index in [-0.39, 0.29) is 11.6 Å². The van der Waals surface area contributed by atoms with Crippen LogP contribution in [0.2, 0.25) is 0 Å². The SMILES string of the molecule is Cc1cc(CN(C)C)ccc1NC(=O)c1cncc(-n2ccnc2)n1. The van der Waals surface area contributed by atoms with Crippen molar-refractivity contribution in [2.45, 2.75) is 13.5 Å². The van der Waals surface area contributed by atoms with Gasteiger partial charge in [0.1, 0.15) is 12.0 Å². The van der Waals surface area contributed by atoms with E-state index < -0.39 is 0 Å². The van der Waals surface area contributed by atoms with Gasteiger partial charge >= 0.3 is 0 Å². The third-order valence-corrected chi connectivity index (χ3v) is 3.66. The fourth-order valence-electron chi connectivity index (χ4n) is 2.50. The van der Waals surface area contributed by atoms with Crippen molar-refractivity contribution in [3.8, 4) is 5.82 Å². The maximum Gasteiger partial charge on any atom is 0.275 e. The quantitative estimate of drug-likeness (QED) is 0.773. The molecule has 0 saturated heterocycles. The molecule has 0 saturated carbocycles. The number of nitrogens with one attached hydrogen (secondary N) is 1. The van der Waals surface area contributed by atoms with Gasteiger partial charge in [0, 0.05) is 24.6 Å². The van der Waals surface area contributed by atoms with E-state index in [0.717, 1.165) is 17.8 Å². The summed E-state index contributed by atoms with van der Waals surface area (Å²) >= 11 is 0. The molecule has 0 spiro atoms. The first-order valence-electron chi connectivity index (χ1n) is 7.89. The Bertz CT molecular complexity index is 873. The highest BCUT2D eigenvalue weighted by atomic mass is 16.1. The Hall–Kier alpha value is -3.06. The lowest BCUT2D eigenvalue weighted by Gasteiger charge is -2.13. The molecule has 0 radical (unpaired) electrons. The van der Waals surface area contributed by atoms with Crippen LogP contribution >= 0.6 is 0 Å². The zero-order chi connectivity index (χ0) is 17.8. The maximum atomic E-state index is 12.5. The molecule has 3 aromatic rings. The molecule has 2 heterocycles. The molecule has 3 rings (SSSR count). The Balaban J connectivity index is 1.77. The summed E-state index contributed by atoms with van der Waals surface area (Å²) in [4.78, 5) is 27.0. The molecule has 0 aliphatic rings. The molecule has 25 heavy (non-hydrogen) atoms. The van der Waals surface area contributed by atoms with Crippen molar-refractivity contribution in [2.24, 2.45) is 0 Å². The second-order valence-corrected chi connectivity index (χ2v) is 6.07. The average Bonchev–Trinajstić information content (AvgIpc) is 3.11. The normalized spacial score (nSPS) is 10.9. The van der Waals surface area contributed by atoms with Crippen LogP contribution in [0.4, 0.5) is 5.69 Å². The van der Waals surface area contributed by atoms with Gasteiger partial charge < -0.3 is 10.2 Å². The second kappa shape index (κ2) is 7.23. The molecule has 7 nitrogen and oxygen atoms in total. The number of imidazole rings is 1. The number of aromatic nitrogens is 4. The van der Waals surface area contributed by atoms with Crippen LogP contribution in [-0.2, 0) is 6.54 Å². The number of hydrogen-bond donors (Lipinski definition) is 1. The van der Waals surface area contributed by atoms with Gasteiger partial charge in [-0.3, -0.25) is 14.3 Å². The number of amides is 1. The van der Waals surface area contributed by atoms with Crippen molar-refractivity contribution in [2.75, 3.05) is 19.4 Å². The van der Waals surface area contributed by atoms with Crippen LogP contribution in [0.3, 0.4) is 0 Å². The van der Waals surface area contributed by atoms with E-state index in [2.05, 4.69) is 31.2 Å². The van der Waals surface area contributed by atoms with Gasteiger partial charge in [-0.2, -0.15) is 0 Å². The Morgan fingerprint density at radius 2 is 2.08 bits per heavy atom. The molecular weight excluding hydrogens is 316 g/mol. The molecule has 2 aromatic heterocycles. The fraction of sp³-hybridized carbons (Fsp3) is 0.222. The van der Waals surface area contributed by atoms with E-state index in [0.29, 0.717) is 5.82 Å². The number of rotatable bonds is 5. The Morgan fingerprint density at radius 1 is 1.24 bits per heavy atom. The number of benzene rings is 1. The largest absolute Gasteiger partial charge is 0.320 e. The van der Waals surface area contributed by atoms with Crippen molar-refractivity contribution in [1.82, 2.24) is 24.4 Å². The van der Waals surface area contributed by atoms with Gasteiger partial charge in [0.15, 0.2) is 5.82 Å². The van der Waals surface area contributed by atoms with E-state index in [4.69, 9.17) is 0 Å². The molecule has 1 aromatic carbocycles. The fourth-order valence-corrected chi connectivity index (χ4v) is 2.50. The molecule has 7 heteroatoms. The van der Waals surface area contributed by atoms with Crippen LogP contribution in [-0.4, -0.2) is 44.4 Å². The van der Waals surface area contributed by atoms with Crippen molar-refractivity contribution < 1.29 is 4.79 Å². The number of nitrogens with zero attached hydrogens (tertiary/aromatic N) is 5. The average molecular weight is 336 g/mol. The number of carbonyl (C=O) groups excluding carboxylic acids is 1. The Labute approximate surface area is 146 Å². The summed E-state index contributed by atoms with van der Waals surface area (Å²) < 4.78 is 1.70. The number of aryl methyl sites for hydroxylation is 1. The summed E-state index contributed by atoms with van der Waals surface area (Å²) in [7, 11) is 4.05. The van der Waals surface area contributed by atoms with Crippen LogP contribution < -0.4 is 5.32 Å². The summed E-state index contributed by atoms with van der Waals surface area (Å²) in [6.07, 6.45) is 8.04. The van der Waals surface area contributed by atoms with Gasteiger partial charge in [-0.15, -0.1) is 0 Å². The number of anilines is 1. The van der Waals surface area contributed by atoms with Gasteiger partial charge in [0.25, 0.3) is 5.91 Å². The van der Waals surface area contributed by atoms with Crippen molar-refractivity contribution in [3.63, 3.8) is 0 Å². The zero-order valence-corrected chi connectivity index (χ0v) is 14.5. The van der Waals surface area contributed by atoms with Gasteiger partial charge in [0.05, 0.1) is 12.4 Å². The molecule has 1 amide bonds. The molecule has 0 aliphatic carbocycles. The monoisotopic (exact) mass is 336 g/mol. The minimum absolute atomic E-state index is 0.253. The summed E-state index contributed by atoms with van der Waals surface area (Å²) in [6.45, 7) is 2.83. The number of hydrogen-bond acceptors (Lipinski definition) is 5. The van der Waals surface area contributed by atoms with E-state index in [1.54, 1.807) is 29.5 Å². The standard InChI is InChI=1S/C18H20N6O/c1-13-8-14(11-23(2)3)4-5-15(13)22-18(25)16-9-20-10-17(21-16)24-7-6-19-12-24/h4-10,12H,11H2,1-3H3,(H,22,25). The molecular formula is C18H20N6O. The third kappa shape index (κ3) is 4.07.